The number of halogens is 4. The Balaban J connectivity index is 1.73. The number of nitrogens with zero attached hydrogens (tertiary/aromatic N) is 4. The Hall–Kier alpha value is -3.31. The number of hydrogen-bond donors (Lipinski definition) is 1. The molecule has 0 spiro atoms. The highest BCUT2D eigenvalue weighted by Crippen LogP contribution is 2.45. The molecule has 1 saturated heterocycles. The number of carbonyl (C=O) groups is 2. The summed E-state index contributed by atoms with van der Waals surface area (Å²) in [4.78, 5) is 37.2. The molecule has 2 amide bonds. The molecule has 196 valence electrons. The molecule has 12 heteroatoms. The first-order valence-corrected chi connectivity index (χ1v) is 11.4. The molecule has 2 unspecified atom stereocenters. The minimum absolute atomic E-state index is 0.0136. The second-order valence-corrected chi connectivity index (χ2v) is 9.88. The molecule has 3 rings (SSSR count). The van der Waals surface area contributed by atoms with Gasteiger partial charge in [-0.1, -0.05) is 0 Å². The lowest BCUT2D eigenvalue weighted by molar-refractivity contribution is -0.127. The molecule has 2 aliphatic rings. The van der Waals surface area contributed by atoms with Gasteiger partial charge < -0.3 is 10.1 Å². The van der Waals surface area contributed by atoms with Gasteiger partial charge in [-0.3, -0.25) is 14.7 Å². The lowest BCUT2D eigenvalue weighted by Crippen LogP contribution is -2.50. The number of rotatable bonds is 5. The van der Waals surface area contributed by atoms with E-state index in [4.69, 9.17) is 4.74 Å². The molecule has 1 aromatic heterocycles. The number of amides is 2. The molecule has 2 heterocycles. The standard InChI is InChI=1S/C24H29F4N5O3/c1-13(9-32-21(29-5)24(26,27)28)18-8-15(17(25)11-30-18)10-31-20(34)19-16-7-6-14(16)12-33(19)22(35)36-23(2,3)4/h8-9,11,14,16,19H,5-7,10,12H2,1-4H3,(H,31,34)/b13-9+,32-21-/t14-,16?,19?/m0/s1. The molecule has 2 fully saturated rings. The normalized spacial score (nSPS) is 22.6. The number of ether oxygens (including phenoxy) is 1. The zero-order chi connectivity index (χ0) is 26.8. The van der Waals surface area contributed by atoms with Crippen molar-refractivity contribution in [1.29, 1.82) is 0 Å². The second kappa shape index (κ2) is 10.4. The van der Waals surface area contributed by atoms with Gasteiger partial charge in [0.25, 0.3) is 0 Å². The number of pyridine rings is 1. The summed E-state index contributed by atoms with van der Waals surface area (Å²) in [5.74, 6) is -2.31. The molecule has 1 aromatic rings. The van der Waals surface area contributed by atoms with Crippen molar-refractivity contribution in [3.05, 3.63) is 35.5 Å². The average molecular weight is 512 g/mol. The summed E-state index contributed by atoms with van der Waals surface area (Å²) in [7, 11) is 0. The molecule has 1 N–H and O–H groups in total. The van der Waals surface area contributed by atoms with E-state index >= 15 is 0 Å². The largest absolute Gasteiger partial charge is 0.451 e. The van der Waals surface area contributed by atoms with Crippen molar-refractivity contribution in [2.75, 3.05) is 6.54 Å². The van der Waals surface area contributed by atoms with Gasteiger partial charge in [-0.2, -0.15) is 13.2 Å². The van der Waals surface area contributed by atoms with Crippen LogP contribution in [0, 0.1) is 17.7 Å². The van der Waals surface area contributed by atoms with Crippen molar-refractivity contribution in [2.45, 2.75) is 64.9 Å². The van der Waals surface area contributed by atoms with E-state index < -0.39 is 41.5 Å². The second-order valence-electron chi connectivity index (χ2n) is 9.88. The Labute approximate surface area is 206 Å². The molecule has 0 bridgehead atoms. The fraction of sp³-hybridized carbons (Fsp3) is 0.542. The number of nitrogens with one attached hydrogen (secondary N) is 1. The van der Waals surface area contributed by atoms with Crippen LogP contribution < -0.4 is 5.32 Å². The molecule has 0 radical (unpaired) electrons. The van der Waals surface area contributed by atoms with Gasteiger partial charge in [0.05, 0.1) is 11.9 Å². The van der Waals surface area contributed by atoms with E-state index in [-0.39, 0.29) is 35.2 Å². The Morgan fingerprint density at radius 1 is 1.31 bits per heavy atom. The van der Waals surface area contributed by atoms with Crippen LogP contribution in [0.1, 0.15) is 51.8 Å². The number of fused-ring (bicyclic) bond motifs is 1. The first kappa shape index (κ1) is 27.3. The summed E-state index contributed by atoms with van der Waals surface area (Å²) in [5.41, 5.74) is -0.244. The lowest BCUT2D eigenvalue weighted by Gasteiger charge is -2.33. The van der Waals surface area contributed by atoms with Gasteiger partial charge in [-0.15, -0.1) is 0 Å². The van der Waals surface area contributed by atoms with Gasteiger partial charge in [-0.05, 0) is 70.7 Å². The van der Waals surface area contributed by atoms with Crippen LogP contribution in [-0.4, -0.2) is 58.8 Å². The highest BCUT2D eigenvalue weighted by molar-refractivity contribution is 5.92. The van der Waals surface area contributed by atoms with Crippen molar-refractivity contribution >= 4 is 30.1 Å². The van der Waals surface area contributed by atoms with Crippen molar-refractivity contribution in [3.8, 4) is 0 Å². The topological polar surface area (TPSA) is 96.2 Å². The van der Waals surface area contributed by atoms with Crippen LogP contribution in [0.25, 0.3) is 5.57 Å². The monoisotopic (exact) mass is 511 g/mol. The fourth-order valence-corrected chi connectivity index (χ4v) is 4.23. The minimum Gasteiger partial charge on any atom is -0.444 e. The maximum absolute atomic E-state index is 14.4. The fourth-order valence-electron chi connectivity index (χ4n) is 4.23. The SMILES string of the molecule is C=N/C(=N\C=C(/C)c1cc(CNC(=O)C2C3CC[C@H]3CN2C(=O)OC(C)(C)C)c(F)cn1)C(F)(F)F. The molecule has 36 heavy (non-hydrogen) atoms. The third-order valence-electron chi connectivity index (χ3n) is 6.12. The van der Waals surface area contributed by atoms with Crippen LogP contribution in [-0.2, 0) is 16.1 Å². The lowest BCUT2D eigenvalue weighted by atomic mass is 9.73. The molecule has 8 nitrogen and oxygen atoms in total. The first-order chi connectivity index (χ1) is 16.7. The summed E-state index contributed by atoms with van der Waals surface area (Å²) in [6.45, 7) is 9.77. The van der Waals surface area contributed by atoms with E-state index in [1.54, 1.807) is 20.8 Å². The maximum atomic E-state index is 14.4. The molecular formula is C24H29F4N5O3. The van der Waals surface area contributed by atoms with Crippen LogP contribution in [0.5, 0.6) is 0 Å². The van der Waals surface area contributed by atoms with Crippen LogP contribution in [0.2, 0.25) is 0 Å². The van der Waals surface area contributed by atoms with Crippen molar-refractivity contribution in [2.24, 2.45) is 21.8 Å². The molecule has 0 aromatic carbocycles. The summed E-state index contributed by atoms with van der Waals surface area (Å²) in [5, 5.41) is 2.68. The Bertz CT molecular complexity index is 1090. The van der Waals surface area contributed by atoms with Gasteiger partial charge in [-0.25, -0.2) is 19.2 Å². The summed E-state index contributed by atoms with van der Waals surface area (Å²) in [6.07, 6.45) is -1.78. The zero-order valence-corrected chi connectivity index (χ0v) is 20.5. The third-order valence-corrected chi connectivity index (χ3v) is 6.12. The van der Waals surface area contributed by atoms with E-state index in [9.17, 15) is 27.2 Å². The minimum atomic E-state index is -4.77. The predicted octanol–water partition coefficient (Wildman–Crippen LogP) is 4.50. The molecular weight excluding hydrogens is 482 g/mol. The van der Waals surface area contributed by atoms with Crippen molar-refractivity contribution in [3.63, 3.8) is 0 Å². The van der Waals surface area contributed by atoms with E-state index in [0.29, 0.717) is 6.54 Å². The third kappa shape index (κ3) is 6.27. The number of alkyl halides is 3. The molecule has 1 saturated carbocycles. The number of amidine groups is 1. The number of hydrogen-bond acceptors (Lipinski definition) is 5. The van der Waals surface area contributed by atoms with Crippen LogP contribution in [0.4, 0.5) is 22.4 Å². The predicted molar refractivity (Wildman–Crippen MR) is 126 cm³/mol. The summed E-state index contributed by atoms with van der Waals surface area (Å²) < 4.78 is 58.2. The molecule has 1 aliphatic carbocycles. The van der Waals surface area contributed by atoms with Crippen LogP contribution >= 0.6 is 0 Å². The highest BCUT2D eigenvalue weighted by Gasteiger charge is 2.52. The number of carbonyl (C=O) groups excluding carboxylic acids is 2. The number of likely N-dealkylation sites (tertiary alicyclic amines) is 1. The summed E-state index contributed by atoms with van der Waals surface area (Å²) in [6, 6.07) is 0.601. The van der Waals surface area contributed by atoms with Gasteiger partial charge in [0.2, 0.25) is 11.7 Å². The van der Waals surface area contributed by atoms with Crippen molar-refractivity contribution in [1.82, 2.24) is 15.2 Å². The van der Waals surface area contributed by atoms with E-state index in [1.165, 1.54) is 17.9 Å². The number of aromatic nitrogens is 1. The van der Waals surface area contributed by atoms with Crippen LogP contribution in [0.15, 0.2) is 28.4 Å². The van der Waals surface area contributed by atoms with E-state index in [2.05, 4.69) is 27.0 Å². The average Bonchev–Trinajstić information content (AvgIpc) is 3.01. The maximum Gasteiger partial charge on any atom is 0.451 e. The van der Waals surface area contributed by atoms with Gasteiger partial charge in [0, 0.05) is 24.9 Å². The number of aliphatic imine (C=N–C) groups is 2. The Kier molecular flexibility index (Phi) is 7.85. The first-order valence-electron chi connectivity index (χ1n) is 11.4. The van der Waals surface area contributed by atoms with Crippen LogP contribution in [0.3, 0.4) is 0 Å². The van der Waals surface area contributed by atoms with Gasteiger partial charge >= 0.3 is 12.3 Å². The van der Waals surface area contributed by atoms with Gasteiger partial charge in [0.15, 0.2) is 0 Å². The number of allylic oxidation sites excluding steroid dienone is 1. The summed E-state index contributed by atoms with van der Waals surface area (Å²) >= 11 is 0. The van der Waals surface area contributed by atoms with E-state index in [0.717, 1.165) is 25.2 Å². The molecule has 1 aliphatic heterocycles. The Morgan fingerprint density at radius 2 is 2.00 bits per heavy atom. The van der Waals surface area contributed by atoms with E-state index in [1.807, 2.05) is 0 Å². The highest BCUT2D eigenvalue weighted by atomic mass is 19.4. The zero-order valence-electron chi connectivity index (χ0n) is 20.5. The smallest absolute Gasteiger partial charge is 0.444 e. The quantitative estimate of drug-likeness (QED) is 0.358. The Morgan fingerprint density at radius 3 is 2.56 bits per heavy atom. The molecule has 3 atom stereocenters. The van der Waals surface area contributed by atoms with Crippen molar-refractivity contribution < 1.29 is 31.9 Å². The van der Waals surface area contributed by atoms with Gasteiger partial charge in [0.1, 0.15) is 17.5 Å².